The number of fused-ring (bicyclic) bond motifs is 6. The average Bonchev–Trinajstić information content (AvgIpc) is 3.93. The van der Waals surface area contributed by atoms with Gasteiger partial charge in [-0.05, 0) is 101 Å². The molecule has 350 valence electrons. The second-order valence-electron chi connectivity index (χ2n) is 21.2. The van der Waals surface area contributed by atoms with Crippen LogP contribution in [0.5, 0.6) is 0 Å². The van der Waals surface area contributed by atoms with Crippen LogP contribution in [0.15, 0.2) is 78.4 Å². The third-order valence-electron chi connectivity index (χ3n) is 16.9. The Morgan fingerprint density at radius 3 is 1.55 bits per heavy atom. The maximum Gasteiger partial charge on any atom is 0.411 e. The van der Waals surface area contributed by atoms with Crippen LogP contribution in [-0.2, 0) is 46.5 Å². The molecule has 14 nitrogen and oxygen atoms in total. The van der Waals surface area contributed by atoms with Crippen LogP contribution in [0.4, 0.5) is 9.59 Å². The Morgan fingerprint density at radius 1 is 0.652 bits per heavy atom. The van der Waals surface area contributed by atoms with Crippen molar-refractivity contribution in [2.24, 2.45) is 22.8 Å². The molecule has 5 aliphatic carbocycles. The number of carboxylic acid groups (broad SMARTS) is 2. The van der Waals surface area contributed by atoms with Gasteiger partial charge in [-0.25, -0.2) is 9.59 Å². The first-order valence-corrected chi connectivity index (χ1v) is 23.2. The predicted molar refractivity (Wildman–Crippen MR) is 249 cm³/mol. The largest absolute Gasteiger partial charge is 0.465 e. The van der Waals surface area contributed by atoms with Gasteiger partial charge in [0.05, 0.1) is 0 Å². The lowest BCUT2D eigenvalue weighted by Gasteiger charge is -2.61. The average molecular weight is 901 g/mol. The number of carbonyl (C=O) groups is 6. The lowest BCUT2D eigenvalue weighted by atomic mass is 9.53. The highest BCUT2D eigenvalue weighted by atomic mass is 16.4. The van der Waals surface area contributed by atoms with E-state index in [0.29, 0.717) is 67.4 Å². The van der Waals surface area contributed by atoms with Gasteiger partial charge in [0.1, 0.15) is 11.1 Å². The van der Waals surface area contributed by atoms with Crippen molar-refractivity contribution in [2.45, 2.75) is 139 Å². The highest BCUT2D eigenvalue weighted by Crippen LogP contribution is 2.63. The molecular weight excluding hydrogens is 837 g/mol. The van der Waals surface area contributed by atoms with Crippen LogP contribution in [0, 0.1) is 11.3 Å². The standard InChI is InChI=1S/C52H64N6O8/c1-30-12-25-37(38-10-8-26-57(38)51(43(61)55-45(63)64)35-21-17-33(18-22-35)48(51,5)28-40(53)59)42(31-13-15-32(16-14-31)47(2,3)4)50(30,7)39-11-9-27-58(39)52(44(62)56-46(65)66)36-23-19-34(20-24-36)49(52,6)29-41(54)60/h13-24,30,38-39H,8-12,25-29H2,1-7H3,(H2,53,59)(H2,54,60)(H,55,61)(H,56,62)(H,63,64)(H,65,66)/t30?,38?,39?,48?,49?,50?,51-,52-/m1/s1. The minimum atomic E-state index is -1.65. The Labute approximate surface area is 386 Å². The number of benzene rings is 3. The smallest absolute Gasteiger partial charge is 0.411 e. The highest BCUT2D eigenvalue weighted by molar-refractivity contribution is 6.01. The van der Waals surface area contributed by atoms with Crippen molar-refractivity contribution in [3.05, 3.63) is 112 Å². The second kappa shape index (κ2) is 16.2. The Bertz CT molecular complexity index is 2530. The third kappa shape index (κ3) is 6.64. The molecule has 8 N–H and O–H groups in total. The molecule has 8 atom stereocenters. The Kier molecular flexibility index (Phi) is 11.4. The first-order valence-electron chi connectivity index (χ1n) is 23.2. The van der Waals surface area contributed by atoms with Crippen molar-refractivity contribution in [3.63, 3.8) is 0 Å². The normalized spacial score (nSPS) is 31.8. The first kappa shape index (κ1) is 46.7. The maximum absolute atomic E-state index is 15.1. The molecule has 3 aromatic rings. The minimum absolute atomic E-state index is 0.00335. The summed E-state index contributed by atoms with van der Waals surface area (Å²) < 4.78 is 0. The van der Waals surface area contributed by atoms with Crippen molar-refractivity contribution >= 4 is 41.4 Å². The molecule has 7 aliphatic rings. The topological polar surface area (TPSA) is 225 Å². The van der Waals surface area contributed by atoms with E-state index < -0.39 is 69.2 Å². The molecule has 10 rings (SSSR count). The van der Waals surface area contributed by atoms with E-state index in [9.17, 15) is 29.4 Å². The first-order chi connectivity index (χ1) is 31.0. The summed E-state index contributed by atoms with van der Waals surface area (Å²) in [5, 5.41) is 24.8. The monoisotopic (exact) mass is 900 g/mol. The zero-order valence-corrected chi connectivity index (χ0v) is 39.1. The van der Waals surface area contributed by atoms with E-state index in [1.165, 1.54) is 0 Å². The minimum Gasteiger partial charge on any atom is -0.465 e. The summed E-state index contributed by atoms with van der Waals surface area (Å²) in [5.74, 6) is -2.74. The van der Waals surface area contributed by atoms with Crippen molar-refractivity contribution in [3.8, 4) is 0 Å². The number of hydrogen-bond acceptors (Lipinski definition) is 8. The summed E-state index contributed by atoms with van der Waals surface area (Å²) >= 11 is 0. The van der Waals surface area contributed by atoms with E-state index in [1.54, 1.807) is 0 Å². The summed E-state index contributed by atoms with van der Waals surface area (Å²) in [6.45, 7) is 15.5. The quantitative estimate of drug-likeness (QED) is 0.118. The van der Waals surface area contributed by atoms with Crippen molar-refractivity contribution in [2.75, 3.05) is 13.1 Å². The van der Waals surface area contributed by atoms with Crippen LogP contribution in [-0.4, -0.2) is 81.0 Å². The summed E-state index contributed by atoms with van der Waals surface area (Å²) in [4.78, 5) is 85.8. The van der Waals surface area contributed by atoms with Crippen LogP contribution in [0.1, 0.15) is 133 Å². The summed E-state index contributed by atoms with van der Waals surface area (Å²) in [5.41, 5.74) is 12.1. The lowest BCUT2D eigenvalue weighted by Crippen LogP contribution is -2.71. The lowest BCUT2D eigenvalue weighted by molar-refractivity contribution is -0.146. The van der Waals surface area contributed by atoms with Gasteiger partial charge in [0.15, 0.2) is 0 Å². The molecular formula is C52H64N6O8. The van der Waals surface area contributed by atoms with Crippen molar-refractivity contribution < 1.29 is 39.0 Å². The fraction of sp³-hybridized carbons (Fsp3) is 0.500. The molecule has 2 aliphatic heterocycles. The van der Waals surface area contributed by atoms with Gasteiger partial charge >= 0.3 is 12.2 Å². The van der Waals surface area contributed by atoms with Crippen LogP contribution in [0.25, 0.3) is 5.57 Å². The number of nitrogens with zero attached hydrogens (tertiary/aromatic N) is 2. The van der Waals surface area contributed by atoms with Gasteiger partial charge in [0.2, 0.25) is 11.8 Å². The number of likely N-dealkylation sites (tertiary alicyclic amines) is 2. The van der Waals surface area contributed by atoms with Crippen molar-refractivity contribution in [1.29, 1.82) is 0 Å². The van der Waals surface area contributed by atoms with E-state index in [2.05, 4.69) is 79.3 Å². The van der Waals surface area contributed by atoms with Gasteiger partial charge in [0.25, 0.3) is 11.8 Å². The summed E-state index contributed by atoms with van der Waals surface area (Å²) in [6.07, 6.45) is 0.574. The van der Waals surface area contributed by atoms with Gasteiger partial charge in [-0.15, -0.1) is 0 Å². The van der Waals surface area contributed by atoms with Gasteiger partial charge in [-0.2, -0.15) is 0 Å². The number of hydrogen-bond donors (Lipinski definition) is 6. The zero-order chi connectivity index (χ0) is 47.9. The van der Waals surface area contributed by atoms with E-state index in [-0.39, 0.29) is 30.2 Å². The predicted octanol–water partition coefficient (Wildman–Crippen LogP) is 6.78. The van der Waals surface area contributed by atoms with Crippen LogP contribution >= 0.6 is 0 Å². The molecule has 6 amide bonds. The van der Waals surface area contributed by atoms with Gasteiger partial charge < -0.3 is 21.7 Å². The van der Waals surface area contributed by atoms with Gasteiger partial charge in [-0.1, -0.05) is 121 Å². The molecule has 66 heavy (non-hydrogen) atoms. The Balaban J connectivity index is 1.40. The van der Waals surface area contributed by atoms with E-state index >= 15 is 9.59 Å². The number of nitrogens with two attached hydrogens (primary N) is 2. The number of rotatable bonds is 11. The highest BCUT2D eigenvalue weighted by Gasteiger charge is 2.68. The fourth-order valence-corrected chi connectivity index (χ4v) is 13.9. The van der Waals surface area contributed by atoms with Gasteiger partial charge in [-0.3, -0.25) is 39.6 Å². The molecule has 2 fully saturated rings. The van der Waals surface area contributed by atoms with Crippen molar-refractivity contribution in [1.82, 2.24) is 20.4 Å². The number of amides is 6. The molecule has 0 aromatic heterocycles. The van der Waals surface area contributed by atoms with E-state index in [0.717, 1.165) is 28.7 Å². The maximum atomic E-state index is 15.1. The number of imide groups is 2. The Hall–Kier alpha value is -5.86. The van der Waals surface area contributed by atoms with Crippen LogP contribution in [0.3, 0.4) is 0 Å². The molecule has 2 heterocycles. The molecule has 0 saturated carbocycles. The van der Waals surface area contributed by atoms with Crippen LogP contribution in [0.2, 0.25) is 0 Å². The molecule has 3 aromatic carbocycles. The molecule has 14 heteroatoms. The fourth-order valence-electron chi connectivity index (χ4n) is 13.9. The molecule has 0 spiro atoms. The molecule has 2 saturated heterocycles. The number of nitrogens with one attached hydrogen (secondary N) is 2. The number of carbonyl (C=O) groups excluding carboxylic acids is 4. The van der Waals surface area contributed by atoms with E-state index in [4.69, 9.17) is 11.5 Å². The molecule has 4 bridgehead atoms. The van der Waals surface area contributed by atoms with Crippen LogP contribution < -0.4 is 22.1 Å². The van der Waals surface area contributed by atoms with E-state index in [1.807, 2.05) is 62.4 Å². The second-order valence-corrected chi connectivity index (χ2v) is 21.2. The molecule has 6 unspecified atom stereocenters. The number of primary amides is 2. The SMILES string of the molecule is CC1CCC(C2CCCN2[C@@]2(C(=O)NC(=O)O)c3ccc(cc3)C2(C)CC(N)=O)=C(c2ccc(C(C)(C)C)cc2)C1(C)C1CCCN1[C@@]1(C(=O)NC(=O)O)c2ccc(cc2)C1(C)CC(N)=O. The van der Waals surface area contributed by atoms with Gasteiger partial charge in [0, 0.05) is 47.7 Å². The molecule has 0 radical (unpaired) electrons. The third-order valence-corrected chi connectivity index (χ3v) is 16.9. The summed E-state index contributed by atoms with van der Waals surface area (Å²) in [6, 6.07) is 22.8. The summed E-state index contributed by atoms with van der Waals surface area (Å²) in [7, 11) is 0. The Morgan fingerprint density at radius 2 is 1.09 bits per heavy atom. The zero-order valence-electron chi connectivity index (χ0n) is 39.1.